The van der Waals surface area contributed by atoms with E-state index >= 15 is 0 Å². The predicted octanol–water partition coefficient (Wildman–Crippen LogP) is 1.07. The standard InChI is InChI=1S/C10H10N2OS/c1-10(13)8(11-9(14)12-10)7-5-3-2-4-6-7/h2-6,13H,1H3,(H,12,14). The van der Waals surface area contributed by atoms with Gasteiger partial charge in [0.15, 0.2) is 10.8 Å². The lowest BCUT2D eigenvalue weighted by molar-refractivity contribution is 0.123. The third-order valence-corrected chi connectivity index (χ3v) is 2.27. The second kappa shape index (κ2) is 3.15. The van der Waals surface area contributed by atoms with Crippen molar-refractivity contribution >= 4 is 23.0 Å². The number of nitrogens with one attached hydrogen (secondary N) is 1. The highest BCUT2D eigenvalue weighted by molar-refractivity contribution is 7.80. The minimum Gasteiger partial charge on any atom is -0.366 e. The van der Waals surface area contributed by atoms with E-state index in [1.54, 1.807) is 6.92 Å². The van der Waals surface area contributed by atoms with Crippen LogP contribution in [-0.4, -0.2) is 21.7 Å². The predicted molar refractivity (Wildman–Crippen MR) is 59.3 cm³/mol. The molecule has 0 aliphatic carbocycles. The number of benzene rings is 1. The van der Waals surface area contributed by atoms with Gasteiger partial charge in [-0.2, -0.15) is 0 Å². The molecule has 0 saturated carbocycles. The van der Waals surface area contributed by atoms with Crippen molar-refractivity contribution in [2.75, 3.05) is 0 Å². The van der Waals surface area contributed by atoms with Crippen LogP contribution < -0.4 is 5.32 Å². The van der Waals surface area contributed by atoms with E-state index in [2.05, 4.69) is 10.3 Å². The number of thiocarbonyl (C=S) groups is 1. The molecule has 0 fully saturated rings. The number of hydrogen-bond acceptors (Lipinski definition) is 2. The molecule has 3 nitrogen and oxygen atoms in total. The maximum Gasteiger partial charge on any atom is 0.195 e. The molecule has 1 aromatic carbocycles. The molecule has 72 valence electrons. The summed E-state index contributed by atoms with van der Waals surface area (Å²) >= 11 is 4.89. The molecule has 1 atom stereocenters. The summed E-state index contributed by atoms with van der Waals surface area (Å²) in [5.74, 6) is 0. The Morgan fingerprint density at radius 3 is 2.50 bits per heavy atom. The Kier molecular flexibility index (Phi) is 2.09. The maximum absolute atomic E-state index is 9.95. The van der Waals surface area contributed by atoms with E-state index in [0.717, 1.165) is 5.56 Å². The van der Waals surface area contributed by atoms with Crippen molar-refractivity contribution in [3.63, 3.8) is 0 Å². The summed E-state index contributed by atoms with van der Waals surface area (Å²) in [6.07, 6.45) is 0. The quantitative estimate of drug-likeness (QED) is 0.676. The Bertz CT molecular complexity index is 398. The van der Waals surface area contributed by atoms with Crippen molar-refractivity contribution in [3.8, 4) is 0 Å². The van der Waals surface area contributed by atoms with Crippen LogP contribution in [0, 0.1) is 0 Å². The van der Waals surface area contributed by atoms with Crippen molar-refractivity contribution in [2.45, 2.75) is 12.6 Å². The average Bonchev–Trinajstić information content (AvgIpc) is 2.41. The minimum atomic E-state index is -1.15. The Hall–Kier alpha value is -1.26. The first kappa shape index (κ1) is 9.30. The van der Waals surface area contributed by atoms with Gasteiger partial charge in [0.05, 0.1) is 0 Å². The molecular weight excluding hydrogens is 196 g/mol. The zero-order valence-corrected chi connectivity index (χ0v) is 8.51. The van der Waals surface area contributed by atoms with Gasteiger partial charge in [0.2, 0.25) is 0 Å². The monoisotopic (exact) mass is 206 g/mol. The smallest absolute Gasteiger partial charge is 0.195 e. The van der Waals surface area contributed by atoms with E-state index in [1.807, 2.05) is 30.3 Å². The Labute approximate surface area is 87.5 Å². The van der Waals surface area contributed by atoms with E-state index in [4.69, 9.17) is 12.2 Å². The molecule has 0 amide bonds. The molecule has 1 aliphatic rings. The van der Waals surface area contributed by atoms with Crippen LogP contribution in [0.25, 0.3) is 0 Å². The number of aliphatic hydroxyl groups is 1. The van der Waals surface area contributed by atoms with Gasteiger partial charge in [-0.05, 0) is 19.1 Å². The molecule has 0 saturated heterocycles. The lowest BCUT2D eigenvalue weighted by atomic mass is 10.0. The summed E-state index contributed by atoms with van der Waals surface area (Å²) in [5, 5.41) is 13.0. The van der Waals surface area contributed by atoms with Gasteiger partial charge >= 0.3 is 0 Å². The summed E-state index contributed by atoms with van der Waals surface area (Å²) in [4.78, 5) is 4.10. The Balaban J connectivity index is 2.45. The normalized spacial score (nSPS) is 25.9. The average molecular weight is 206 g/mol. The second-order valence-electron chi connectivity index (χ2n) is 3.33. The van der Waals surface area contributed by atoms with Gasteiger partial charge in [-0.25, -0.2) is 4.99 Å². The molecule has 0 spiro atoms. The van der Waals surface area contributed by atoms with Crippen molar-refractivity contribution in [3.05, 3.63) is 35.9 Å². The first-order valence-corrected chi connectivity index (χ1v) is 4.69. The number of hydrogen-bond donors (Lipinski definition) is 2. The molecule has 1 aliphatic heterocycles. The zero-order valence-electron chi connectivity index (χ0n) is 7.69. The fourth-order valence-electron chi connectivity index (χ4n) is 1.45. The molecule has 0 aromatic heterocycles. The fourth-order valence-corrected chi connectivity index (χ4v) is 1.74. The molecule has 0 bridgehead atoms. The van der Waals surface area contributed by atoms with Crippen LogP contribution in [-0.2, 0) is 0 Å². The van der Waals surface area contributed by atoms with E-state index in [1.165, 1.54) is 0 Å². The van der Waals surface area contributed by atoms with Crippen LogP contribution >= 0.6 is 12.2 Å². The third kappa shape index (κ3) is 1.54. The molecule has 1 aromatic rings. The van der Waals surface area contributed by atoms with Crippen LogP contribution in [0.3, 0.4) is 0 Å². The first-order chi connectivity index (χ1) is 6.59. The fraction of sp³-hybridized carbons (Fsp3) is 0.200. The minimum absolute atomic E-state index is 0.328. The maximum atomic E-state index is 9.95. The van der Waals surface area contributed by atoms with E-state index < -0.39 is 5.72 Å². The van der Waals surface area contributed by atoms with Gasteiger partial charge in [0, 0.05) is 5.56 Å². The summed E-state index contributed by atoms with van der Waals surface area (Å²) in [6, 6.07) is 9.50. The zero-order chi connectivity index (χ0) is 10.2. The van der Waals surface area contributed by atoms with Gasteiger partial charge in [-0.15, -0.1) is 0 Å². The number of aliphatic imine (C=N–C) groups is 1. The highest BCUT2D eigenvalue weighted by Gasteiger charge is 2.34. The van der Waals surface area contributed by atoms with Crippen LogP contribution in [0.15, 0.2) is 35.3 Å². The van der Waals surface area contributed by atoms with Gasteiger partial charge in [0.1, 0.15) is 5.71 Å². The Morgan fingerprint density at radius 2 is 2.00 bits per heavy atom. The van der Waals surface area contributed by atoms with E-state index in [9.17, 15) is 5.11 Å². The third-order valence-electron chi connectivity index (χ3n) is 2.07. The van der Waals surface area contributed by atoms with Crippen LogP contribution in [0.5, 0.6) is 0 Å². The molecule has 1 heterocycles. The largest absolute Gasteiger partial charge is 0.366 e. The summed E-state index contributed by atoms with van der Waals surface area (Å²) in [7, 11) is 0. The first-order valence-electron chi connectivity index (χ1n) is 4.29. The second-order valence-corrected chi connectivity index (χ2v) is 3.72. The van der Waals surface area contributed by atoms with Gasteiger partial charge in [-0.3, -0.25) is 0 Å². The van der Waals surface area contributed by atoms with Gasteiger partial charge in [-0.1, -0.05) is 30.3 Å². The van der Waals surface area contributed by atoms with Crippen LogP contribution in [0.4, 0.5) is 0 Å². The van der Waals surface area contributed by atoms with Crippen molar-refractivity contribution in [2.24, 2.45) is 4.99 Å². The lowest BCUT2D eigenvalue weighted by Gasteiger charge is -2.19. The Morgan fingerprint density at radius 1 is 1.36 bits per heavy atom. The summed E-state index contributed by atoms with van der Waals surface area (Å²) < 4.78 is 0. The molecule has 2 N–H and O–H groups in total. The SMILES string of the molecule is CC1(O)NC(=S)N=C1c1ccccc1. The molecule has 1 unspecified atom stereocenters. The molecule has 14 heavy (non-hydrogen) atoms. The number of rotatable bonds is 1. The van der Waals surface area contributed by atoms with Gasteiger partial charge in [0.25, 0.3) is 0 Å². The number of nitrogens with zero attached hydrogens (tertiary/aromatic N) is 1. The van der Waals surface area contributed by atoms with Crippen molar-refractivity contribution in [1.82, 2.24) is 5.32 Å². The van der Waals surface area contributed by atoms with Crippen LogP contribution in [0.2, 0.25) is 0 Å². The molecule has 4 heteroatoms. The van der Waals surface area contributed by atoms with Crippen LogP contribution in [0.1, 0.15) is 12.5 Å². The van der Waals surface area contributed by atoms with Crippen molar-refractivity contribution in [1.29, 1.82) is 0 Å². The highest BCUT2D eigenvalue weighted by atomic mass is 32.1. The molecule has 0 radical (unpaired) electrons. The lowest BCUT2D eigenvalue weighted by Crippen LogP contribution is -2.45. The highest BCUT2D eigenvalue weighted by Crippen LogP contribution is 2.17. The molecule has 2 rings (SSSR count). The topological polar surface area (TPSA) is 44.6 Å². The summed E-state index contributed by atoms with van der Waals surface area (Å²) in [5.41, 5.74) is 0.297. The summed E-state index contributed by atoms with van der Waals surface area (Å²) in [6.45, 7) is 1.64. The van der Waals surface area contributed by atoms with E-state index in [0.29, 0.717) is 10.8 Å². The van der Waals surface area contributed by atoms with E-state index in [-0.39, 0.29) is 0 Å². The van der Waals surface area contributed by atoms with Gasteiger partial charge < -0.3 is 10.4 Å². The molecular formula is C10H10N2OS. The van der Waals surface area contributed by atoms with Crippen molar-refractivity contribution < 1.29 is 5.11 Å².